The lowest BCUT2D eigenvalue weighted by molar-refractivity contribution is -0.390. The van der Waals surface area contributed by atoms with Gasteiger partial charge in [-0.1, -0.05) is 29.8 Å². The third-order valence-corrected chi connectivity index (χ3v) is 3.58. The van der Waals surface area contributed by atoms with E-state index in [2.05, 4.69) is 20.4 Å². The average Bonchev–Trinajstić information content (AvgIpc) is 3.19. The van der Waals surface area contributed by atoms with Crippen LogP contribution in [0.3, 0.4) is 0 Å². The van der Waals surface area contributed by atoms with Crippen LogP contribution in [0.5, 0.6) is 0 Å². The van der Waals surface area contributed by atoms with Crippen LogP contribution < -0.4 is 0 Å². The van der Waals surface area contributed by atoms with Crippen molar-refractivity contribution in [2.45, 2.75) is 0 Å². The molecule has 9 nitrogen and oxygen atoms in total. The average molecular weight is 342 g/mol. The lowest BCUT2D eigenvalue weighted by Crippen LogP contribution is -2.04. The Hall–Kier alpha value is -3.33. The standard InChI is InChI=1S/C14H8ClN7O2/c15-10-5-3-4-9(8-10)12-17-19-21(18-12)13-14(22(23)24)20-7-2-1-6-11(20)16-13/h1-8H. The van der Waals surface area contributed by atoms with Gasteiger partial charge >= 0.3 is 5.82 Å². The van der Waals surface area contributed by atoms with E-state index in [0.29, 0.717) is 22.1 Å². The van der Waals surface area contributed by atoms with E-state index in [4.69, 9.17) is 11.6 Å². The van der Waals surface area contributed by atoms with Crippen molar-refractivity contribution in [3.8, 4) is 17.2 Å². The summed E-state index contributed by atoms with van der Waals surface area (Å²) in [5, 5.41) is 24.0. The quantitative estimate of drug-likeness (QED) is 0.419. The molecule has 1 aromatic carbocycles. The van der Waals surface area contributed by atoms with Gasteiger partial charge in [0.25, 0.3) is 5.82 Å². The first-order valence-electron chi connectivity index (χ1n) is 6.81. The molecule has 24 heavy (non-hydrogen) atoms. The zero-order valence-electron chi connectivity index (χ0n) is 11.9. The number of fused-ring (bicyclic) bond motifs is 1. The van der Waals surface area contributed by atoms with Crippen LogP contribution in [0.15, 0.2) is 48.7 Å². The third-order valence-electron chi connectivity index (χ3n) is 3.35. The molecule has 0 aliphatic rings. The van der Waals surface area contributed by atoms with E-state index >= 15 is 0 Å². The van der Waals surface area contributed by atoms with E-state index in [9.17, 15) is 10.1 Å². The lowest BCUT2D eigenvalue weighted by atomic mass is 10.2. The summed E-state index contributed by atoms with van der Waals surface area (Å²) >= 11 is 5.95. The molecule has 4 rings (SSSR count). The second kappa shape index (κ2) is 5.39. The number of halogens is 1. The minimum absolute atomic E-state index is 0.00743. The van der Waals surface area contributed by atoms with Crippen LogP contribution in [0.25, 0.3) is 22.9 Å². The normalized spacial score (nSPS) is 11.0. The van der Waals surface area contributed by atoms with Gasteiger partial charge in [0, 0.05) is 16.7 Å². The summed E-state index contributed by atoms with van der Waals surface area (Å²) in [4.78, 5) is 16.2. The van der Waals surface area contributed by atoms with Crippen molar-refractivity contribution >= 4 is 23.1 Å². The smallest absolute Gasteiger partial charge is 0.358 e. The molecule has 10 heteroatoms. The van der Waals surface area contributed by atoms with Crippen molar-refractivity contribution in [3.63, 3.8) is 0 Å². The van der Waals surface area contributed by atoms with Crippen molar-refractivity contribution in [1.29, 1.82) is 0 Å². The molecule has 0 spiro atoms. The topological polar surface area (TPSA) is 104 Å². The Balaban J connectivity index is 1.87. The largest absolute Gasteiger partial charge is 0.376 e. The maximum atomic E-state index is 11.4. The van der Waals surface area contributed by atoms with Crippen LogP contribution in [-0.2, 0) is 0 Å². The fourth-order valence-corrected chi connectivity index (χ4v) is 2.51. The van der Waals surface area contributed by atoms with Crippen molar-refractivity contribution in [3.05, 3.63) is 63.8 Å². The second-order valence-corrected chi connectivity index (χ2v) is 5.29. The molecule has 0 aliphatic carbocycles. The Morgan fingerprint density at radius 1 is 1.17 bits per heavy atom. The predicted molar refractivity (Wildman–Crippen MR) is 85.0 cm³/mol. The molecule has 0 radical (unpaired) electrons. The van der Waals surface area contributed by atoms with Gasteiger partial charge in [-0.2, -0.15) is 9.38 Å². The molecule has 0 atom stereocenters. The van der Waals surface area contributed by atoms with Crippen molar-refractivity contribution in [2.75, 3.05) is 0 Å². The number of nitro groups is 1. The summed E-state index contributed by atoms with van der Waals surface area (Å²) in [5.74, 6) is 0.0523. The van der Waals surface area contributed by atoms with Gasteiger partial charge in [0.1, 0.15) is 0 Å². The van der Waals surface area contributed by atoms with Crippen LogP contribution in [-0.4, -0.2) is 34.5 Å². The number of rotatable bonds is 3. The highest BCUT2D eigenvalue weighted by Gasteiger charge is 2.26. The predicted octanol–water partition coefficient (Wildman–Crippen LogP) is 2.54. The molecule has 0 aliphatic heterocycles. The number of pyridine rings is 1. The number of nitrogens with zero attached hydrogens (tertiary/aromatic N) is 7. The molecule has 0 amide bonds. The van der Waals surface area contributed by atoms with E-state index < -0.39 is 4.92 Å². The number of imidazole rings is 1. The van der Waals surface area contributed by atoms with Crippen LogP contribution in [0, 0.1) is 10.1 Å². The molecule has 0 fully saturated rings. The van der Waals surface area contributed by atoms with Crippen LogP contribution in [0.2, 0.25) is 5.02 Å². The Morgan fingerprint density at radius 2 is 2.04 bits per heavy atom. The minimum Gasteiger partial charge on any atom is -0.358 e. The van der Waals surface area contributed by atoms with Gasteiger partial charge in [0.15, 0.2) is 0 Å². The summed E-state index contributed by atoms with van der Waals surface area (Å²) in [6.07, 6.45) is 1.55. The number of hydrogen-bond acceptors (Lipinski definition) is 6. The van der Waals surface area contributed by atoms with Gasteiger partial charge in [-0.25, -0.2) is 0 Å². The fraction of sp³-hybridized carbons (Fsp3) is 0. The van der Waals surface area contributed by atoms with Gasteiger partial charge < -0.3 is 10.1 Å². The van der Waals surface area contributed by atoms with Gasteiger partial charge in [-0.15, -0.1) is 15.0 Å². The van der Waals surface area contributed by atoms with Gasteiger partial charge in [-0.05, 0) is 28.3 Å². The number of aromatic nitrogens is 6. The first-order chi connectivity index (χ1) is 11.6. The van der Waals surface area contributed by atoms with Gasteiger partial charge in [0.2, 0.25) is 11.5 Å². The van der Waals surface area contributed by atoms with Gasteiger partial charge in [-0.3, -0.25) is 0 Å². The number of tetrazole rings is 1. The number of hydrogen-bond donors (Lipinski definition) is 0. The Kier molecular flexibility index (Phi) is 3.21. The molecule has 0 N–H and O–H groups in total. The summed E-state index contributed by atoms with van der Waals surface area (Å²) < 4.78 is 1.36. The highest BCUT2D eigenvalue weighted by molar-refractivity contribution is 6.30. The molecular weight excluding hydrogens is 334 g/mol. The van der Waals surface area contributed by atoms with E-state index in [0.717, 1.165) is 4.80 Å². The molecule has 3 aromatic heterocycles. The summed E-state index contributed by atoms with van der Waals surface area (Å²) in [5.41, 5.74) is 1.07. The zero-order valence-corrected chi connectivity index (χ0v) is 12.7. The summed E-state index contributed by atoms with van der Waals surface area (Å²) in [6.45, 7) is 0. The molecule has 4 aromatic rings. The first kappa shape index (κ1) is 14.3. The van der Waals surface area contributed by atoms with Crippen LogP contribution in [0.4, 0.5) is 5.82 Å². The Morgan fingerprint density at radius 3 is 2.83 bits per heavy atom. The van der Waals surface area contributed by atoms with Crippen molar-refractivity contribution < 1.29 is 4.92 Å². The zero-order chi connectivity index (χ0) is 16.7. The van der Waals surface area contributed by atoms with E-state index in [1.165, 1.54) is 4.40 Å². The molecule has 0 bridgehead atoms. The third kappa shape index (κ3) is 2.27. The maximum absolute atomic E-state index is 11.4. The number of benzene rings is 1. The Bertz CT molecular complexity index is 1070. The SMILES string of the molecule is O=[N+]([O-])c1c(-n2nnc(-c3cccc(Cl)c3)n2)nc2ccccn12. The highest BCUT2D eigenvalue weighted by atomic mass is 35.5. The lowest BCUT2D eigenvalue weighted by Gasteiger charge is -1.96. The molecular formula is C14H8ClN7O2. The second-order valence-electron chi connectivity index (χ2n) is 4.86. The molecule has 118 valence electrons. The summed E-state index contributed by atoms with van der Waals surface area (Å²) in [7, 11) is 0. The first-order valence-corrected chi connectivity index (χ1v) is 7.19. The van der Waals surface area contributed by atoms with E-state index in [1.54, 1.807) is 48.7 Å². The highest BCUT2D eigenvalue weighted by Crippen LogP contribution is 2.24. The van der Waals surface area contributed by atoms with Crippen LogP contribution >= 0.6 is 11.6 Å². The molecule has 0 saturated heterocycles. The molecule has 0 unspecified atom stereocenters. The fourth-order valence-electron chi connectivity index (χ4n) is 2.32. The summed E-state index contributed by atoms with van der Waals surface area (Å²) in [6, 6.07) is 12.0. The van der Waals surface area contributed by atoms with E-state index in [1.807, 2.05) is 0 Å². The maximum Gasteiger partial charge on any atom is 0.376 e. The minimum atomic E-state index is -0.530. The van der Waals surface area contributed by atoms with Crippen molar-refractivity contribution in [1.82, 2.24) is 29.6 Å². The van der Waals surface area contributed by atoms with Gasteiger partial charge in [0.05, 0.1) is 6.20 Å². The molecule has 0 saturated carbocycles. The van der Waals surface area contributed by atoms with Crippen molar-refractivity contribution in [2.24, 2.45) is 0 Å². The Labute approximate surface area is 139 Å². The molecule has 3 heterocycles. The van der Waals surface area contributed by atoms with Crippen LogP contribution in [0.1, 0.15) is 0 Å². The van der Waals surface area contributed by atoms with E-state index in [-0.39, 0.29) is 11.6 Å². The monoisotopic (exact) mass is 341 g/mol.